The Morgan fingerprint density at radius 2 is 1.94 bits per heavy atom. The van der Waals surface area contributed by atoms with E-state index in [1.54, 1.807) is 0 Å². The fourth-order valence-electron chi connectivity index (χ4n) is 3.01. The molecule has 0 fully saturated rings. The first-order valence-corrected chi connectivity index (χ1v) is 9.42. The maximum Gasteiger partial charge on any atom is 0.288 e. The van der Waals surface area contributed by atoms with Crippen LogP contribution in [0.2, 0.25) is 5.02 Å². The SMILES string of the molecule is Cc1ccc(-n2ncc3c(=O)n(NC(=O)c4ccc(Cl)c([N+](=O)[O-])c4)cnc32)cc1C. The predicted octanol–water partition coefficient (Wildman–Crippen LogP) is 3.14. The summed E-state index contributed by atoms with van der Waals surface area (Å²) >= 11 is 5.77. The monoisotopic (exact) mass is 438 g/mol. The molecule has 0 aliphatic heterocycles. The number of carbonyl (C=O) groups excluding carboxylic acids is 1. The van der Waals surface area contributed by atoms with Gasteiger partial charge in [-0.2, -0.15) is 5.10 Å². The third kappa shape index (κ3) is 3.64. The Morgan fingerprint density at radius 1 is 1.16 bits per heavy atom. The lowest BCUT2D eigenvalue weighted by Gasteiger charge is -2.09. The number of halogens is 1. The van der Waals surface area contributed by atoms with Gasteiger partial charge < -0.3 is 0 Å². The molecule has 0 saturated carbocycles. The zero-order valence-electron chi connectivity index (χ0n) is 16.4. The van der Waals surface area contributed by atoms with Crippen LogP contribution in [0.5, 0.6) is 0 Å². The third-order valence-corrected chi connectivity index (χ3v) is 5.17. The number of hydrogen-bond donors (Lipinski definition) is 1. The van der Waals surface area contributed by atoms with Crippen LogP contribution in [-0.4, -0.2) is 30.3 Å². The van der Waals surface area contributed by atoms with Crippen molar-refractivity contribution in [3.8, 4) is 5.69 Å². The van der Waals surface area contributed by atoms with Crippen LogP contribution in [0, 0.1) is 24.0 Å². The number of amides is 1. The molecule has 4 rings (SSSR count). The fourth-order valence-corrected chi connectivity index (χ4v) is 3.19. The van der Waals surface area contributed by atoms with Gasteiger partial charge in [-0.25, -0.2) is 14.3 Å². The van der Waals surface area contributed by atoms with Gasteiger partial charge in [-0.3, -0.25) is 25.1 Å². The summed E-state index contributed by atoms with van der Waals surface area (Å²) in [7, 11) is 0. The normalized spacial score (nSPS) is 10.9. The average Bonchev–Trinajstić information content (AvgIpc) is 3.17. The second kappa shape index (κ2) is 7.65. The van der Waals surface area contributed by atoms with Crippen LogP contribution in [0.15, 0.2) is 53.7 Å². The Kier molecular flexibility index (Phi) is 4.99. The molecular formula is C20H15ClN6O4. The Balaban J connectivity index is 1.69. The van der Waals surface area contributed by atoms with Gasteiger partial charge in [-0.1, -0.05) is 17.7 Å². The van der Waals surface area contributed by atoms with Gasteiger partial charge >= 0.3 is 0 Å². The minimum absolute atomic E-state index is 0.0334. The van der Waals surface area contributed by atoms with Crippen molar-refractivity contribution < 1.29 is 9.72 Å². The smallest absolute Gasteiger partial charge is 0.267 e. The lowest BCUT2D eigenvalue weighted by molar-refractivity contribution is -0.384. The van der Waals surface area contributed by atoms with E-state index in [4.69, 9.17) is 11.6 Å². The molecule has 4 aromatic rings. The number of aromatic nitrogens is 4. The van der Waals surface area contributed by atoms with E-state index >= 15 is 0 Å². The minimum atomic E-state index is -0.732. The third-order valence-electron chi connectivity index (χ3n) is 4.85. The highest BCUT2D eigenvalue weighted by Crippen LogP contribution is 2.25. The second-order valence-corrected chi connectivity index (χ2v) is 7.25. The van der Waals surface area contributed by atoms with Gasteiger partial charge in [0.05, 0.1) is 16.8 Å². The van der Waals surface area contributed by atoms with E-state index in [2.05, 4.69) is 15.5 Å². The standard InChI is InChI=1S/C20H15ClN6O4/c1-11-3-5-14(7-12(11)2)26-18-15(9-23-26)20(29)25(10-22-18)24-19(28)13-4-6-16(21)17(8-13)27(30)31/h3-10H,1-2H3,(H,24,28). The number of nitro groups is 1. The zero-order valence-corrected chi connectivity index (χ0v) is 17.1. The summed E-state index contributed by atoms with van der Waals surface area (Å²) < 4.78 is 2.44. The van der Waals surface area contributed by atoms with Crippen molar-refractivity contribution in [3.63, 3.8) is 0 Å². The lowest BCUT2D eigenvalue weighted by atomic mass is 10.1. The number of nitro benzene ring substituents is 1. The van der Waals surface area contributed by atoms with Crippen LogP contribution in [0.1, 0.15) is 21.5 Å². The molecular weight excluding hydrogens is 424 g/mol. The van der Waals surface area contributed by atoms with Crippen molar-refractivity contribution in [2.45, 2.75) is 13.8 Å². The number of rotatable bonds is 4. The van der Waals surface area contributed by atoms with Crippen LogP contribution < -0.4 is 11.0 Å². The van der Waals surface area contributed by atoms with Gasteiger partial charge in [0.15, 0.2) is 5.65 Å². The molecule has 0 spiro atoms. The molecule has 1 N–H and O–H groups in total. The molecule has 2 heterocycles. The Hall–Kier alpha value is -4.05. The molecule has 0 aliphatic carbocycles. The molecule has 31 heavy (non-hydrogen) atoms. The van der Waals surface area contributed by atoms with Gasteiger partial charge in [0, 0.05) is 11.6 Å². The van der Waals surface area contributed by atoms with Crippen LogP contribution >= 0.6 is 11.6 Å². The fraction of sp³-hybridized carbons (Fsp3) is 0.100. The van der Waals surface area contributed by atoms with Gasteiger partial charge in [0.25, 0.3) is 17.2 Å². The quantitative estimate of drug-likeness (QED) is 0.385. The van der Waals surface area contributed by atoms with E-state index in [1.807, 2.05) is 32.0 Å². The number of nitrogens with zero attached hydrogens (tertiary/aromatic N) is 5. The summed E-state index contributed by atoms with van der Waals surface area (Å²) in [6.45, 7) is 3.97. The maximum absolute atomic E-state index is 12.8. The summed E-state index contributed by atoms with van der Waals surface area (Å²) in [4.78, 5) is 39.9. The second-order valence-electron chi connectivity index (χ2n) is 6.85. The van der Waals surface area contributed by atoms with Crippen molar-refractivity contribution in [2.24, 2.45) is 0 Å². The maximum atomic E-state index is 12.8. The summed E-state index contributed by atoms with van der Waals surface area (Å²) in [5, 5.41) is 15.4. The van der Waals surface area contributed by atoms with Crippen LogP contribution in [-0.2, 0) is 0 Å². The number of fused-ring (bicyclic) bond motifs is 1. The first-order chi connectivity index (χ1) is 14.8. The lowest BCUT2D eigenvalue weighted by Crippen LogP contribution is -2.33. The van der Waals surface area contributed by atoms with Gasteiger partial charge in [-0.05, 0) is 49.2 Å². The first-order valence-electron chi connectivity index (χ1n) is 9.04. The minimum Gasteiger partial charge on any atom is -0.267 e. The predicted molar refractivity (Wildman–Crippen MR) is 114 cm³/mol. The highest BCUT2D eigenvalue weighted by atomic mass is 35.5. The van der Waals surface area contributed by atoms with Crippen molar-refractivity contribution in [1.82, 2.24) is 19.4 Å². The number of nitrogens with one attached hydrogen (secondary N) is 1. The topological polar surface area (TPSA) is 125 Å². The summed E-state index contributed by atoms with van der Waals surface area (Å²) in [5.74, 6) is -0.732. The Morgan fingerprint density at radius 3 is 2.65 bits per heavy atom. The molecule has 0 atom stereocenters. The summed E-state index contributed by atoms with van der Waals surface area (Å²) in [6, 6.07) is 9.35. The molecule has 0 bridgehead atoms. The Bertz CT molecular complexity index is 1430. The zero-order chi connectivity index (χ0) is 22.3. The number of aryl methyl sites for hydroxylation is 2. The van der Waals surface area contributed by atoms with Crippen molar-refractivity contribution in [2.75, 3.05) is 5.43 Å². The summed E-state index contributed by atoms with van der Waals surface area (Å²) in [6.07, 6.45) is 2.53. The number of hydrogen-bond acceptors (Lipinski definition) is 6. The molecule has 1 amide bonds. The van der Waals surface area contributed by atoms with Crippen LogP contribution in [0.3, 0.4) is 0 Å². The average molecular weight is 439 g/mol. The van der Waals surface area contributed by atoms with E-state index in [-0.39, 0.29) is 16.0 Å². The highest BCUT2D eigenvalue weighted by molar-refractivity contribution is 6.32. The van der Waals surface area contributed by atoms with E-state index in [1.165, 1.54) is 23.0 Å². The van der Waals surface area contributed by atoms with Crippen LogP contribution in [0.25, 0.3) is 16.7 Å². The highest BCUT2D eigenvalue weighted by Gasteiger charge is 2.18. The van der Waals surface area contributed by atoms with Crippen molar-refractivity contribution in [3.05, 3.63) is 91.1 Å². The molecule has 2 aromatic heterocycles. The van der Waals surface area contributed by atoms with Gasteiger partial charge in [0.1, 0.15) is 16.7 Å². The van der Waals surface area contributed by atoms with E-state index in [0.717, 1.165) is 33.9 Å². The van der Waals surface area contributed by atoms with E-state index in [0.29, 0.717) is 5.65 Å². The number of carbonyl (C=O) groups is 1. The van der Waals surface area contributed by atoms with Crippen LogP contribution in [0.4, 0.5) is 5.69 Å². The molecule has 0 radical (unpaired) electrons. The Labute approximate surface area is 179 Å². The van der Waals surface area contributed by atoms with Gasteiger partial charge in [0.2, 0.25) is 0 Å². The molecule has 11 heteroatoms. The summed E-state index contributed by atoms with van der Waals surface area (Å²) in [5.41, 5.74) is 4.66. The molecule has 156 valence electrons. The number of benzene rings is 2. The van der Waals surface area contributed by atoms with E-state index in [9.17, 15) is 19.7 Å². The van der Waals surface area contributed by atoms with Crippen molar-refractivity contribution in [1.29, 1.82) is 0 Å². The molecule has 0 aliphatic rings. The largest absolute Gasteiger partial charge is 0.288 e. The first kappa shape index (κ1) is 20.2. The molecule has 0 unspecified atom stereocenters. The molecule has 2 aromatic carbocycles. The van der Waals surface area contributed by atoms with Crippen molar-refractivity contribution >= 4 is 34.2 Å². The van der Waals surface area contributed by atoms with Gasteiger partial charge in [-0.15, -0.1) is 0 Å². The van der Waals surface area contributed by atoms with E-state index < -0.39 is 22.1 Å². The molecule has 0 saturated heterocycles. The molecule has 10 nitrogen and oxygen atoms in total.